The first-order chi connectivity index (χ1) is 9.62. The van der Waals surface area contributed by atoms with E-state index in [1.165, 1.54) is 0 Å². The molecular formula is C14H22N2O3S. The van der Waals surface area contributed by atoms with Crippen LogP contribution in [0, 0.1) is 0 Å². The van der Waals surface area contributed by atoms with Crippen LogP contribution in [0.15, 0.2) is 29.2 Å². The van der Waals surface area contributed by atoms with Crippen LogP contribution in [0.3, 0.4) is 0 Å². The van der Waals surface area contributed by atoms with E-state index >= 15 is 0 Å². The molecule has 6 heteroatoms. The Morgan fingerprint density at radius 2 is 2.25 bits per heavy atom. The van der Waals surface area contributed by atoms with Gasteiger partial charge in [0.1, 0.15) is 0 Å². The first-order valence-corrected chi connectivity index (χ1v) is 8.45. The number of benzene rings is 1. The van der Waals surface area contributed by atoms with Gasteiger partial charge in [0.2, 0.25) is 10.0 Å². The molecule has 0 bridgehead atoms. The molecule has 1 aromatic rings. The second-order valence-electron chi connectivity index (χ2n) is 5.00. The molecule has 112 valence electrons. The number of rotatable bonds is 7. The average Bonchev–Trinajstić information content (AvgIpc) is 2.92. The van der Waals surface area contributed by atoms with E-state index < -0.39 is 10.0 Å². The third-order valence-electron chi connectivity index (χ3n) is 3.37. The van der Waals surface area contributed by atoms with Crippen LogP contribution < -0.4 is 10.0 Å². The van der Waals surface area contributed by atoms with Crippen molar-refractivity contribution in [1.29, 1.82) is 0 Å². The van der Waals surface area contributed by atoms with E-state index in [0.717, 1.165) is 31.4 Å². The first kappa shape index (κ1) is 15.4. The second-order valence-corrected chi connectivity index (χ2v) is 6.77. The molecule has 20 heavy (non-hydrogen) atoms. The lowest BCUT2D eigenvalue weighted by atomic mass is 10.2. The van der Waals surface area contributed by atoms with Gasteiger partial charge in [0.05, 0.1) is 11.0 Å². The third kappa shape index (κ3) is 4.28. The summed E-state index contributed by atoms with van der Waals surface area (Å²) in [5, 5.41) is 3.01. The van der Waals surface area contributed by atoms with Gasteiger partial charge in [0.15, 0.2) is 0 Å². The summed E-state index contributed by atoms with van der Waals surface area (Å²) in [6.07, 6.45) is 3.03. The Morgan fingerprint density at radius 3 is 2.95 bits per heavy atom. The maximum atomic E-state index is 12.2. The van der Waals surface area contributed by atoms with E-state index in [2.05, 4.69) is 10.0 Å². The van der Waals surface area contributed by atoms with E-state index in [4.69, 9.17) is 4.74 Å². The van der Waals surface area contributed by atoms with Gasteiger partial charge in [-0.15, -0.1) is 0 Å². The van der Waals surface area contributed by atoms with Crippen molar-refractivity contribution in [2.24, 2.45) is 0 Å². The summed E-state index contributed by atoms with van der Waals surface area (Å²) in [5.74, 6) is 0. The lowest BCUT2D eigenvalue weighted by molar-refractivity contribution is 0.105. The van der Waals surface area contributed by atoms with E-state index in [0.29, 0.717) is 18.0 Å². The topological polar surface area (TPSA) is 67.4 Å². The highest BCUT2D eigenvalue weighted by Crippen LogP contribution is 2.15. The summed E-state index contributed by atoms with van der Waals surface area (Å²) in [6.45, 7) is 1.87. The molecule has 0 aliphatic carbocycles. The van der Waals surface area contributed by atoms with Crippen LogP contribution in [0.4, 0.5) is 0 Å². The summed E-state index contributed by atoms with van der Waals surface area (Å²) >= 11 is 0. The molecule has 1 heterocycles. The number of nitrogens with one attached hydrogen (secondary N) is 2. The van der Waals surface area contributed by atoms with Crippen LogP contribution in [0.5, 0.6) is 0 Å². The van der Waals surface area contributed by atoms with Crippen molar-refractivity contribution in [2.45, 2.75) is 36.8 Å². The zero-order valence-corrected chi connectivity index (χ0v) is 12.6. The molecule has 1 atom stereocenters. The highest BCUT2D eigenvalue weighted by molar-refractivity contribution is 7.89. The minimum absolute atomic E-state index is 0.202. The fourth-order valence-corrected chi connectivity index (χ4v) is 3.45. The molecule has 1 fully saturated rings. The van der Waals surface area contributed by atoms with Crippen LogP contribution in [-0.2, 0) is 21.3 Å². The molecule has 1 aromatic carbocycles. The van der Waals surface area contributed by atoms with Crippen LogP contribution in [0.2, 0.25) is 0 Å². The maximum Gasteiger partial charge on any atom is 0.240 e. The summed E-state index contributed by atoms with van der Waals surface area (Å²) in [7, 11) is -1.59. The Kier molecular flexibility index (Phi) is 5.54. The smallest absolute Gasteiger partial charge is 0.240 e. The van der Waals surface area contributed by atoms with Gasteiger partial charge in [0.25, 0.3) is 0 Å². The fourth-order valence-electron chi connectivity index (χ4n) is 2.34. The quantitative estimate of drug-likeness (QED) is 0.795. The molecule has 1 aliphatic heterocycles. The summed E-state index contributed by atoms with van der Waals surface area (Å²) < 4.78 is 32.5. The van der Waals surface area contributed by atoms with Gasteiger partial charge >= 0.3 is 0 Å². The third-order valence-corrected chi connectivity index (χ3v) is 4.83. The minimum atomic E-state index is -3.43. The largest absolute Gasteiger partial charge is 0.378 e. The molecule has 0 aromatic heterocycles. The van der Waals surface area contributed by atoms with Crippen molar-refractivity contribution in [2.75, 3.05) is 20.2 Å². The van der Waals surface area contributed by atoms with Gasteiger partial charge in [-0.25, -0.2) is 13.1 Å². The van der Waals surface area contributed by atoms with Crippen molar-refractivity contribution < 1.29 is 13.2 Å². The van der Waals surface area contributed by atoms with Gasteiger partial charge in [-0.1, -0.05) is 12.1 Å². The van der Waals surface area contributed by atoms with Crippen molar-refractivity contribution >= 4 is 10.0 Å². The average molecular weight is 298 g/mol. The van der Waals surface area contributed by atoms with Gasteiger partial charge in [0, 0.05) is 19.7 Å². The SMILES string of the molecule is CNCc1cccc(S(=O)(=O)NCCC2CCCO2)c1. The van der Waals surface area contributed by atoms with Gasteiger partial charge < -0.3 is 10.1 Å². The normalized spacial score (nSPS) is 19.4. The van der Waals surface area contributed by atoms with Gasteiger partial charge in [-0.2, -0.15) is 0 Å². The van der Waals surface area contributed by atoms with E-state index in [1.54, 1.807) is 18.2 Å². The molecule has 0 spiro atoms. The summed E-state index contributed by atoms with van der Waals surface area (Å²) in [4.78, 5) is 0.317. The first-order valence-electron chi connectivity index (χ1n) is 6.96. The molecule has 0 radical (unpaired) electrons. The lowest BCUT2D eigenvalue weighted by Crippen LogP contribution is -2.27. The molecule has 1 aliphatic rings. The lowest BCUT2D eigenvalue weighted by Gasteiger charge is -2.11. The van der Waals surface area contributed by atoms with Crippen LogP contribution >= 0.6 is 0 Å². The molecule has 1 saturated heterocycles. The van der Waals surface area contributed by atoms with Crippen LogP contribution in [-0.4, -0.2) is 34.7 Å². The predicted octanol–water partition coefficient (Wildman–Crippen LogP) is 1.25. The standard InChI is InChI=1S/C14H22N2O3S/c1-15-11-12-4-2-6-14(10-12)20(17,18)16-8-7-13-5-3-9-19-13/h2,4,6,10,13,15-16H,3,5,7-9,11H2,1H3. The zero-order valence-electron chi connectivity index (χ0n) is 11.8. The number of hydrogen-bond donors (Lipinski definition) is 2. The van der Waals surface area contributed by atoms with Crippen molar-refractivity contribution in [1.82, 2.24) is 10.0 Å². The zero-order chi connectivity index (χ0) is 14.4. The Morgan fingerprint density at radius 1 is 1.40 bits per heavy atom. The van der Waals surface area contributed by atoms with Crippen molar-refractivity contribution in [3.63, 3.8) is 0 Å². The Hall–Kier alpha value is -0.950. The molecular weight excluding hydrogens is 276 g/mol. The Bertz CT molecular complexity index is 525. The minimum Gasteiger partial charge on any atom is -0.378 e. The second kappa shape index (κ2) is 7.17. The van der Waals surface area contributed by atoms with E-state index in [9.17, 15) is 8.42 Å². The van der Waals surface area contributed by atoms with Gasteiger partial charge in [-0.05, 0) is 44.0 Å². The van der Waals surface area contributed by atoms with Gasteiger partial charge in [-0.3, -0.25) is 0 Å². The number of sulfonamides is 1. The number of ether oxygens (including phenoxy) is 1. The molecule has 1 unspecified atom stereocenters. The van der Waals surface area contributed by atoms with Crippen molar-refractivity contribution in [3.8, 4) is 0 Å². The van der Waals surface area contributed by atoms with E-state index in [-0.39, 0.29) is 6.10 Å². The Labute approximate surface area is 120 Å². The Balaban J connectivity index is 1.93. The highest BCUT2D eigenvalue weighted by Gasteiger charge is 2.18. The summed E-state index contributed by atoms with van der Waals surface area (Å²) in [5.41, 5.74) is 0.953. The maximum absolute atomic E-state index is 12.2. The molecule has 5 nitrogen and oxygen atoms in total. The molecule has 0 saturated carbocycles. The predicted molar refractivity (Wildman–Crippen MR) is 78.0 cm³/mol. The highest BCUT2D eigenvalue weighted by atomic mass is 32.2. The van der Waals surface area contributed by atoms with E-state index in [1.807, 2.05) is 13.1 Å². The van der Waals surface area contributed by atoms with Crippen LogP contribution in [0.25, 0.3) is 0 Å². The monoisotopic (exact) mass is 298 g/mol. The van der Waals surface area contributed by atoms with Crippen molar-refractivity contribution in [3.05, 3.63) is 29.8 Å². The molecule has 2 N–H and O–H groups in total. The molecule has 0 amide bonds. The molecule has 2 rings (SSSR count). The van der Waals surface area contributed by atoms with Crippen LogP contribution in [0.1, 0.15) is 24.8 Å². The number of hydrogen-bond acceptors (Lipinski definition) is 4. The summed E-state index contributed by atoms with van der Waals surface area (Å²) in [6, 6.07) is 6.99. The fraction of sp³-hybridized carbons (Fsp3) is 0.571.